The number of thiazole rings is 1. The Labute approximate surface area is 134 Å². The first-order valence-electron chi connectivity index (χ1n) is 6.76. The predicted octanol–water partition coefficient (Wildman–Crippen LogP) is 2.52. The van der Waals surface area contributed by atoms with Gasteiger partial charge in [-0.15, -0.1) is 11.3 Å². The fourth-order valence-electron chi connectivity index (χ4n) is 2.13. The fourth-order valence-corrected chi connectivity index (χ4v) is 2.85. The number of rotatable bonds is 3. The van der Waals surface area contributed by atoms with Crippen LogP contribution in [0, 0.1) is 0 Å². The lowest BCUT2D eigenvalue weighted by atomic mass is 10.2. The third-order valence-corrected chi connectivity index (χ3v) is 4.02. The molecule has 4 rings (SSSR count). The Morgan fingerprint density at radius 3 is 3.00 bits per heavy atom. The zero-order valence-corrected chi connectivity index (χ0v) is 12.6. The summed E-state index contributed by atoms with van der Waals surface area (Å²) in [7, 11) is 0. The average molecular weight is 322 g/mol. The van der Waals surface area contributed by atoms with Gasteiger partial charge in [0.1, 0.15) is 12.1 Å². The van der Waals surface area contributed by atoms with Gasteiger partial charge < -0.3 is 5.32 Å². The second kappa shape index (κ2) is 5.58. The molecule has 3 heterocycles. The van der Waals surface area contributed by atoms with Crippen molar-refractivity contribution in [2.24, 2.45) is 0 Å². The molecular formula is C15H10N6OS. The lowest BCUT2D eigenvalue weighted by molar-refractivity contribution is 0.102. The molecule has 0 radical (unpaired) electrons. The monoisotopic (exact) mass is 322 g/mol. The second-order valence-corrected chi connectivity index (χ2v) is 5.59. The summed E-state index contributed by atoms with van der Waals surface area (Å²) in [6.45, 7) is 0. The van der Waals surface area contributed by atoms with Crippen LogP contribution in [0.15, 0.2) is 54.6 Å². The molecule has 0 aliphatic heterocycles. The summed E-state index contributed by atoms with van der Waals surface area (Å²) < 4.78 is 2.57. The van der Waals surface area contributed by atoms with Gasteiger partial charge in [0.25, 0.3) is 5.91 Å². The third kappa shape index (κ3) is 2.67. The van der Waals surface area contributed by atoms with E-state index in [-0.39, 0.29) is 5.91 Å². The van der Waals surface area contributed by atoms with Crippen LogP contribution < -0.4 is 5.32 Å². The van der Waals surface area contributed by atoms with Gasteiger partial charge in [-0.3, -0.25) is 4.79 Å². The zero-order chi connectivity index (χ0) is 15.6. The SMILES string of the molecule is O=C(Nc1cc(-n2cccn2)ncn1)c1ccc2ncsc2c1. The number of carbonyl (C=O) groups excluding carboxylic acids is 1. The molecule has 0 saturated heterocycles. The predicted molar refractivity (Wildman–Crippen MR) is 86.7 cm³/mol. The Balaban J connectivity index is 1.59. The van der Waals surface area contributed by atoms with Crippen LogP contribution in [0.3, 0.4) is 0 Å². The van der Waals surface area contributed by atoms with Gasteiger partial charge in [0.15, 0.2) is 5.82 Å². The molecule has 0 spiro atoms. The van der Waals surface area contributed by atoms with E-state index in [0.717, 1.165) is 10.2 Å². The molecule has 0 aliphatic carbocycles. The van der Waals surface area contributed by atoms with Gasteiger partial charge in [0, 0.05) is 24.0 Å². The molecule has 3 aromatic heterocycles. The molecule has 1 aromatic carbocycles. The largest absolute Gasteiger partial charge is 0.306 e. The summed E-state index contributed by atoms with van der Waals surface area (Å²) in [5.41, 5.74) is 3.20. The lowest BCUT2D eigenvalue weighted by Gasteiger charge is -2.06. The molecule has 0 saturated carbocycles. The zero-order valence-electron chi connectivity index (χ0n) is 11.7. The van der Waals surface area contributed by atoms with Crippen LogP contribution in [0.25, 0.3) is 16.0 Å². The number of nitrogens with zero attached hydrogens (tertiary/aromatic N) is 5. The highest BCUT2D eigenvalue weighted by Crippen LogP contribution is 2.19. The van der Waals surface area contributed by atoms with Crippen molar-refractivity contribution in [3.63, 3.8) is 0 Å². The number of hydrogen-bond acceptors (Lipinski definition) is 6. The standard InChI is InChI=1S/C15H10N6OS/c22-15(10-2-3-11-12(6-10)23-9-18-11)20-13-7-14(17-8-16-13)21-5-1-4-19-21/h1-9H,(H,16,17,20,22). The summed E-state index contributed by atoms with van der Waals surface area (Å²) in [6.07, 6.45) is 4.81. The van der Waals surface area contributed by atoms with Gasteiger partial charge in [0.05, 0.1) is 15.7 Å². The maximum Gasteiger partial charge on any atom is 0.256 e. The van der Waals surface area contributed by atoms with Crippen LogP contribution in [0.5, 0.6) is 0 Å². The molecule has 0 fully saturated rings. The normalized spacial score (nSPS) is 10.8. The minimum Gasteiger partial charge on any atom is -0.306 e. The first kappa shape index (κ1) is 13.5. The van der Waals surface area contributed by atoms with E-state index in [2.05, 4.69) is 25.4 Å². The third-order valence-electron chi connectivity index (χ3n) is 3.23. The molecule has 0 atom stereocenters. The van der Waals surface area contributed by atoms with Gasteiger partial charge in [-0.1, -0.05) is 0 Å². The topological polar surface area (TPSA) is 85.6 Å². The lowest BCUT2D eigenvalue weighted by Crippen LogP contribution is -2.13. The first-order valence-corrected chi connectivity index (χ1v) is 7.64. The van der Waals surface area contributed by atoms with Crippen LogP contribution in [-0.2, 0) is 0 Å². The van der Waals surface area contributed by atoms with Gasteiger partial charge in [0.2, 0.25) is 0 Å². The van der Waals surface area contributed by atoms with E-state index < -0.39 is 0 Å². The van der Waals surface area contributed by atoms with Gasteiger partial charge in [-0.2, -0.15) is 5.10 Å². The molecule has 23 heavy (non-hydrogen) atoms. The fraction of sp³-hybridized carbons (Fsp3) is 0. The van der Waals surface area contributed by atoms with Gasteiger partial charge >= 0.3 is 0 Å². The number of amides is 1. The summed E-state index contributed by atoms with van der Waals surface area (Å²) in [5, 5.41) is 6.87. The van der Waals surface area contributed by atoms with Crippen LogP contribution in [0.1, 0.15) is 10.4 Å². The van der Waals surface area contributed by atoms with Crippen molar-refractivity contribution in [3.8, 4) is 5.82 Å². The van der Waals surface area contributed by atoms with Gasteiger partial charge in [-0.25, -0.2) is 19.6 Å². The molecule has 4 aromatic rings. The maximum absolute atomic E-state index is 12.4. The Bertz CT molecular complexity index is 978. The van der Waals surface area contributed by atoms with Crippen molar-refractivity contribution in [1.29, 1.82) is 0 Å². The molecule has 0 bridgehead atoms. The summed E-state index contributed by atoms with van der Waals surface area (Å²) in [5.74, 6) is 0.767. The summed E-state index contributed by atoms with van der Waals surface area (Å²) in [4.78, 5) is 24.8. The van der Waals surface area contributed by atoms with E-state index in [1.54, 1.807) is 40.8 Å². The van der Waals surface area contributed by atoms with Crippen molar-refractivity contribution >= 4 is 33.3 Å². The van der Waals surface area contributed by atoms with Crippen LogP contribution >= 0.6 is 11.3 Å². The van der Waals surface area contributed by atoms with E-state index in [9.17, 15) is 4.79 Å². The number of benzene rings is 1. The van der Waals surface area contributed by atoms with Crippen LogP contribution in [0.2, 0.25) is 0 Å². The van der Waals surface area contributed by atoms with Crippen molar-refractivity contribution in [1.82, 2.24) is 24.7 Å². The number of hydrogen-bond donors (Lipinski definition) is 1. The Morgan fingerprint density at radius 2 is 2.13 bits per heavy atom. The molecular weight excluding hydrogens is 312 g/mol. The van der Waals surface area contributed by atoms with Crippen molar-refractivity contribution in [2.45, 2.75) is 0 Å². The number of nitrogens with one attached hydrogen (secondary N) is 1. The molecule has 1 amide bonds. The van der Waals surface area contributed by atoms with E-state index in [1.807, 2.05) is 12.1 Å². The van der Waals surface area contributed by atoms with Crippen LogP contribution in [0.4, 0.5) is 5.82 Å². The smallest absolute Gasteiger partial charge is 0.256 e. The summed E-state index contributed by atoms with van der Waals surface area (Å²) in [6, 6.07) is 8.85. The molecule has 0 aliphatic rings. The van der Waals surface area contributed by atoms with Crippen molar-refractivity contribution in [2.75, 3.05) is 5.32 Å². The highest BCUT2D eigenvalue weighted by Gasteiger charge is 2.10. The molecule has 0 unspecified atom stereocenters. The average Bonchev–Trinajstić information content (AvgIpc) is 3.26. The van der Waals surface area contributed by atoms with Crippen LogP contribution in [-0.4, -0.2) is 30.6 Å². The maximum atomic E-state index is 12.4. The van der Waals surface area contributed by atoms with Crippen molar-refractivity contribution in [3.05, 3.63) is 60.1 Å². The van der Waals surface area contributed by atoms with E-state index >= 15 is 0 Å². The van der Waals surface area contributed by atoms with Crippen molar-refractivity contribution < 1.29 is 4.79 Å². The Kier molecular flexibility index (Phi) is 3.28. The molecule has 8 heteroatoms. The minimum absolute atomic E-state index is 0.231. The minimum atomic E-state index is -0.231. The Morgan fingerprint density at radius 1 is 1.17 bits per heavy atom. The molecule has 1 N–H and O–H groups in total. The van der Waals surface area contributed by atoms with E-state index in [0.29, 0.717) is 17.2 Å². The van der Waals surface area contributed by atoms with E-state index in [1.165, 1.54) is 17.7 Å². The molecule has 112 valence electrons. The Hall–Kier alpha value is -3.13. The highest BCUT2D eigenvalue weighted by molar-refractivity contribution is 7.16. The number of fused-ring (bicyclic) bond motifs is 1. The van der Waals surface area contributed by atoms with Gasteiger partial charge in [-0.05, 0) is 24.3 Å². The quantitative estimate of drug-likeness (QED) is 0.626. The number of carbonyl (C=O) groups is 1. The molecule has 7 nitrogen and oxygen atoms in total. The second-order valence-electron chi connectivity index (χ2n) is 4.70. The van der Waals surface area contributed by atoms with E-state index in [4.69, 9.17) is 0 Å². The highest BCUT2D eigenvalue weighted by atomic mass is 32.1. The first-order chi connectivity index (χ1) is 11.3. The summed E-state index contributed by atoms with van der Waals surface area (Å²) >= 11 is 1.50. The number of anilines is 1. The number of aromatic nitrogens is 5.